The molecule has 3 heterocycles. The number of hydrogen-bond acceptors (Lipinski definition) is 9. The van der Waals surface area contributed by atoms with E-state index in [-0.39, 0.29) is 6.61 Å². The van der Waals surface area contributed by atoms with Crippen LogP contribution in [0.5, 0.6) is 0 Å². The summed E-state index contributed by atoms with van der Waals surface area (Å²) in [6.45, 7) is -0.389. The Balaban J connectivity index is 2.03. The highest BCUT2D eigenvalue weighted by Crippen LogP contribution is 2.32. The van der Waals surface area contributed by atoms with E-state index in [4.69, 9.17) is 15.0 Å². The van der Waals surface area contributed by atoms with Crippen molar-refractivity contribution >= 4 is 23.1 Å². The highest BCUT2D eigenvalue weighted by Gasteiger charge is 2.43. The van der Waals surface area contributed by atoms with E-state index in [0.717, 1.165) is 11.9 Å². The maximum absolute atomic E-state index is 10.0. The molecule has 0 spiro atoms. The summed E-state index contributed by atoms with van der Waals surface area (Å²) in [5.41, 5.74) is 0.917. The van der Waals surface area contributed by atoms with E-state index in [9.17, 15) is 10.2 Å². The van der Waals surface area contributed by atoms with Crippen molar-refractivity contribution in [2.45, 2.75) is 29.6 Å². The average molecular weight is 299 g/mol. The van der Waals surface area contributed by atoms with Gasteiger partial charge in [0.1, 0.15) is 35.2 Å². The van der Waals surface area contributed by atoms with Crippen LogP contribution in [0.2, 0.25) is 0 Å². The van der Waals surface area contributed by atoms with Gasteiger partial charge in [-0.3, -0.25) is 9.71 Å². The summed E-state index contributed by atoms with van der Waals surface area (Å²) in [6.07, 6.45) is -1.33. The van der Waals surface area contributed by atoms with Crippen molar-refractivity contribution in [3.05, 3.63) is 12.7 Å². The molecule has 0 radical (unpaired) electrons. The van der Waals surface area contributed by atoms with Crippen LogP contribution in [0.3, 0.4) is 0 Å². The first-order chi connectivity index (χ1) is 9.67. The third-order valence-electron chi connectivity index (χ3n) is 3.23. The minimum absolute atomic E-state index is 0.389. The summed E-state index contributed by atoms with van der Waals surface area (Å²) >= 11 is 0.941. The zero-order valence-electron chi connectivity index (χ0n) is 10.2. The van der Waals surface area contributed by atoms with Gasteiger partial charge in [-0.25, -0.2) is 15.0 Å². The fraction of sp³-hybridized carbons (Fsp3) is 0.500. The van der Waals surface area contributed by atoms with E-state index in [2.05, 4.69) is 15.0 Å². The molecule has 0 aliphatic carbocycles. The molecule has 0 bridgehead atoms. The molecule has 1 saturated heterocycles. The molecule has 1 unspecified atom stereocenters. The lowest BCUT2D eigenvalue weighted by Gasteiger charge is -2.16. The van der Waals surface area contributed by atoms with E-state index in [0.29, 0.717) is 16.2 Å². The van der Waals surface area contributed by atoms with Gasteiger partial charge in [0.15, 0.2) is 11.9 Å². The molecule has 3 rings (SSSR count). The molecule has 0 aromatic carbocycles. The summed E-state index contributed by atoms with van der Waals surface area (Å²) in [4.78, 5) is 12.2. The molecule has 2 aromatic rings. The van der Waals surface area contributed by atoms with Crippen LogP contribution < -0.4 is 5.14 Å². The largest absolute Gasteiger partial charge is 0.394 e. The molecule has 1 aliphatic heterocycles. The maximum Gasteiger partial charge on any atom is 0.166 e. The molecule has 2 aromatic heterocycles. The van der Waals surface area contributed by atoms with Crippen LogP contribution in [0.1, 0.15) is 6.23 Å². The van der Waals surface area contributed by atoms with Gasteiger partial charge < -0.3 is 20.1 Å². The minimum Gasteiger partial charge on any atom is -0.394 e. The monoisotopic (exact) mass is 299 g/mol. The van der Waals surface area contributed by atoms with Crippen LogP contribution in [-0.4, -0.2) is 59.8 Å². The molecular weight excluding hydrogens is 286 g/mol. The van der Waals surface area contributed by atoms with Gasteiger partial charge in [0.25, 0.3) is 0 Å². The van der Waals surface area contributed by atoms with Crippen LogP contribution >= 0.6 is 11.9 Å². The second-order valence-corrected chi connectivity index (χ2v) is 4.97. The van der Waals surface area contributed by atoms with Crippen molar-refractivity contribution in [1.82, 2.24) is 19.5 Å². The van der Waals surface area contributed by atoms with Gasteiger partial charge in [-0.15, -0.1) is 0 Å². The SMILES string of the molecule is NSc1ncnc2c1ncn2C1O[C@H](CO)[C@@H](O)[C@H]1O. The quantitative estimate of drug-likeness (QED) is 0.390. The van der Waals surface area contributed by atoms with Crippen LogP contribution in [0.4, 0.5) is 0 Å². The highest BCUT2D eigenvalue weighted by molar-refractivity contribution is 7.97. The number of nitrogens with zero attached hydrogens (tertiary/aromatic N) is 4. The third kappa shape index (κ3) is 1.97. The Hall–Kier alpha value is -1.30. The summed E-state index contributed by atoms with van der Waals surface area (Å²) in [5.74, 6) is 0. The van der Waals surface area contributed by atoms with Gasteiger partial charge in [0, 0.05) is 0 Å². The maximum atomic E-state index is 10.0. The Morgan fingerprint density at radius 1 is 1.30 bits per heavy atom. The average Bonchev–Trinajstić information content (AvgIpc) is 3.01. The standard InChI is InChI=1S/C10H13N5O4S/c11-20-9-5-8(12-2-13-9)15(3-14-5)10-7(18)6(17)4(1-16)19-10/h2-4,6-7,10,16-18H,1,11H2/t4-,6-,7-,10?/m1/s1. The van der Waals surface area contributed by atoms with Crippen molar-refractivity contribution in [2.24, 2.45) is 5.14 Å². The molecule has 1 aliphatic rings. The number of aromatic nitrogens is 4. The number of ether oxygens (including phenoxy) is 1. The van der Waals surface area contributed by atoms with Crippen LogP contribution in [0.15, 0.2) is 17.7 Å². The molecule has 1 fully saturated rings. The lowest BCUT2D eigenvalue weighted by molar-refractivity contribution is -0.0511. The molecule has 0 saturated carbocycles. The molecule has 4 atom stereocenters. The number of rotatable bonds is 3. The Kier molecular flexibility index (Phi) is 3.58. The fourth-order valence-electron chi connectivity index (χ4n) is 2.21. The summed E-state index contributed by atoms with van der Waals surface area (Å²) in [5, 5.41) is 34.9. The number of aliphatic hydroxyl groups excluding tert-OH is 3. The van der Waals surface area contributed by atoms with Crippen molar-refractivity contribution in [1.29, 1.82) is 0 Å². The van der Waals surface area contributed by atoms with E-state index in [1.54, 1.807) is 0 Å². The van der Waals surface area contributed by atoms with Crippen molar-refractivity contribution < 1.29 is 20.1 Å². The van der Waals surface area contributed by atoms with Crippen LogP contribution in [-0.2, 0) is 4.74 Å². The minimum atomic E-state index is -1.19. The van der Waals surface area contributed by atoms with E-state index >= 15 is 0 Å². The Bertz CT molecular complexity index is 623. The Labute approximate surface area is 117 Å². The smallest absolute Gasteiger partial charge is 0.166 e. The topological polar surface area (TPSA) is 140 Å². The fourth-order valence-corrected chi connectivity index (χ4v) is 2.58. The van der Waals surface area contributed by atoms with Gasteiger partial charge in [-0.05, 0) is 11.9 Å². The van der Waals surface area contributed by atoms with Crippen LogP contribution in [0.25, 0.3) is 11.2 Å². The molecule has 5 N–H and O–H groups in total. The summed E-state index contributed by atoms with van der Waals surface area (Å²) < 4.78 is 6.92. The predicted octanol–water partition coefficient (Wildman–Crippen LogP) is -1.60. The van der Waals surface area contributed by atoms with Crippen LogP contribution in [0, 0.1) is 0 Å². The highest BCUT2D eigenvalue weighted by atomic mass is 32.2. The second kappa shape index (κ2) is 5.24. The summed E-state index contributed by atoms with van der Waals surface area (Å²) in [6, 6.07) is 0. The van der Waals surface area contributed by atoms with Gasteiger partial charge in [0.2, 0.25) is 0 Å². The number of aliphatic hydroxyl groups is 3. The number of hydrogen-bond donors (Lipinski definition) is 4. The normalized spacial score (nSPS) is 30.2. The van der Waals surface area contributed by atoms with Gasteiger partial charge in [-0.1, -0.05) is 0 Å². The van der Waals surface area contributed by atoms with Crippen molar-refractivity contribution in [3.63, 3.8) is 0 Å². The van der Waals surface area contributed by atoms with Gasteiger partial charge in [0.05, 0.1) is 12.9 Å². The summed E-state index contributed by atoms with van der Waals surface area (Å²) in [7, 11) is 0. The van der Waals surface area contributed by atoms with Gasteiger partial charge >= 0.3 is 0 Å². The Morgan fingerprint density at radius 3 is 2.75 bits per heavy atom. The predicted molar refractivity (Wildman–Crippen MR) is 68.4 cm³/mol. The number of fused-ring (bicyclic) bond motifs is 1. The zero-order valence-corrected chi connectivity index (χ0v) is 11.0. The lowest BCUT2D eigenvalue weighted by Crippen LogP contribution is -2.33. The van der Waals surface area contributed by atoms with E-state index in [1.807, 2.05) is 0 Å². The van der Waals surface area contributed by atoms with Gasteiger partial charge in [-0.2, -0.15) is 0 Å². The molecule has 9 nitrogen and oxygen atoms in total. The van der Waals surface area contributed by atoms with E-state index in [1.165, 1.54) is 17.2 Å². The van der Waals surface area contributed by atoms with Crippen molar-refractivity contribution in [2.75, 3.05) is 6.61 Å². The molecule has 20 heavy (non-hydrogen) atoms. The van der Waals surface area contributed by atoms with Crippen molar-refractivity contribution in [3.8, 4) is 0 Å². The second-order valence-electron chi connectivity index (χ2n) is 4.35. The zero-order chi connectivity index (χ0) is 14.3. The first kappa shape index (κ1) is 13.7. The molecular formula is C10H13N5O4S. The lowest BCUT2D eigenvalue weighted by atomic mass is 10.1. The molecule has 10 heteroatoms. The number of imidazole rings is 1. The Morgan fingerprint density at radius 2 is 2.10 bits per heavy atom. The first-order valence-electron chi connectivity index (χ1n) is 5.84. The number of nitrogens with two attached hydrogens (primary N) is 1. The third-order valence-corrected chi connectivity index (χ3v) is 3.75. The van der Waals surface area contributed by atoms with E-state index < -0.39 is 24.5 Å². The first-order valence-corrected chi connectivity index (χ1v) is 6.72. The molecule has 0 amide bonds. The molecule has 108 valence electrons.